The van der Waals surface area contributed by atoms with Crippen molar-refractivity contribution in [2.75, 3.05) is 30.5 Å². The molecular weight excluding hydrogens is 222 g/mol. The molecule has 1 aliphatic heterocycles. The highest BCUT2D eigenvalue weighted by atomic mass is 32.2. The van der Waals surface area contributed by atoms with Crippen molar-refractivity contribution in [1.29, 1.82) is 0 Å². The fourth-order valence-electron chi connectivity index (χ4n) is 1.73. The molecule has 16 heavy (non-hydrogen) atoms. The van der Waals surface area contributed by atoms with Gasteiger partial charge in [0.1, 0.15) is 11.6 Å². The van der Waals surface area contributed by atoms with E-state index in [2.05, 4.69) is 15.3 Å². The maximum Gasteiger partial charge on any atom is 0.218 e. The summed E-state index contributed by atoms with van der Waals surface area (Å²) in [6.45, 7) is 2.87. The average molecular weight is 239 g/mol. The number of hydrogen-bond acceptors (Lipinski definition) is 5. The van der Waals surface area contributed by atoms with Crippen molar-refractivity contribution < 1.29 is 4.74 Å². The fourth-order valence-corrected chi connectivity index (χ4v) is 3.01. The fraction of sp³-hybridized carbons (Fsp3) is 0.636. The minimum Gasteiger partial charge on any atom is -0.481 e. The molecule has 1 N–H and O–H groups in total. The van der Waals surface area contributed by atoms with Crippen LogP contribution in [0.25, 0.3) is 0 Å². The minimum atomic E-state index is 0.621. The molecule has 1 aliphatic rings. The third-order valence-corrected chi connectivity index (χ3v) is 3.85. The predicted molar refractivity (Wildman–Crippen MR) is 67.2 cm³/mol. The van der Waals surface area contributed by atoms with Crippen molar-refractivity contribution in [2.45, 2.75) is 13.3 Å². The van der Waals surface area contributed by atoms with Crippen LogP contribution in [0, 0.1) is 12.8 Å². The lowest BCUT2D eigenvalue weighted by molar-refractivity contribution is 0.396. The smallest absolute Gasteiger partial charge is 0.218 e. The number of aryl methyl sites for hydroxylation is 1. The van der Waals surface area contributed by atoms with Crippen LogP contribution in [0.4, 0.5) is 5.82 Å². The number of nitrogens with one attached hydrogen (secondary N) is 1. The monoisotopic (exact) mass is 239 g/mol. The molecular formula is C11H17N3OS. The molecule has 2 heterocycles. The number of hydrogen-bond donors (Lipinski definition) is 1. The Morgan fingerprint density at radius 3 is 3.12 bits per heavy atom. The topological polar surface area (TPSA) is 47.0 Å². The van der Waals surface area contributed by atoms with Gasteiger partial charge in [0.2, 0.25) is 5.88 Å². The summed E-state index contributed by atoms with van der Waals surface area (Å²) < 4.78 is 5.11. The van der Waals surface area contributed by atoms with E-state index in [0.717, 1.165) is 24.1 Å². The minimum absolute atomic E-state index is 0.621. The molecule has 1 aromatic heterocycles. The van der Waals surface area contributed by atoms with Gasteiger partial charge in [0.15, 0.2) is 0 Å². The molecule has 4 nitrogen and oxygen atoms in total. The second-order valence-corrected chi connectivity index (χ2v) is 5.10. The summed E-state index contributed by atoms with van der Waals surface area (Å²) in [4.78, 5) is 8.49. The number of nitrogens with zero attached hydrogens (tertiary/aromatic N) is 2. The molecule has 0 saturated carbocycles. The van der Waals surface area contributed by atoms with Crippen molar-refractivity contribution in [3.05, 3.63) is 11.9 Å². The van der Waals surface area contributed by atoms with Gasteiger partial charge in [-0.25, -0.2) is 4.98 Å². The van der Waals surface area contributed by atoms with E-state index in [1.165, 1.54) is 17.9 Å². The molecule has 1 unspecified atom stereocenters. The Kier molecular flexibility index (Phi) is 3.88. The first-order valence-electron chi connectivity index (χ1n) is 5.49. The summed E-state index contributed by atoms with van der Waals surface area (Å²) in [7, 11) is 1.62. The van der Waals surface area contributed by atoms with Crippen molar-refractivity contribution in [3.8, 4) is 5.88 Å². The molecule has 88 valence electrons. The van der Waals surface area contributed by atoms with E-state index >= 15 is 0 Å². The van der Waals surface area contributed by atoms with Crippen molar-refractivity contribution in [3.63, 3.8) is 0 Å². The first kappa shape index (κ1) is 11.5. The molecule has 0 bridgehead atoms. The van der Waals surface area contributed by atoms with E-state index in [-0.39, 0.29) is 0 Å². The number of anilines is 1. The Bertz CT molecular complexity index is 353. The molecule has 0 spiro atoms. The van der Waals surface area contributed by atoms with Crippen LogP contribution in [0.3, 0.4) is 0 Å². The van der Waals surface area contributed by atoms with Gasteiger partial charge in [-0.1, -0.05) is 0 Å². The zero-order chi connectivity index (χ0) is 11.4. The Balaban J connectivity index is 1.94. The Labute approximate surface area is 100 Å². The van der Waals surface area contributed by atoms with Crippen LogP contribution in [0.1, 0.15) is 12.2 Å². The van der Waals surface area contributed by atoms with Crippen LogP contribution in [0.5, 0.6) is 5.88 Å². The highest BCUT2D eigenvalue weighted by molar-refractivity contribution is 7.99. The molecule has 5 heteroatoms. The maximum absolute atomic E-state index is 5.11. The van der Waals surface area contributed by atoms with Gasteiger partial charge >= 0.3 is 0 Å². The summed E-state index contributed by atoms with van der Waals surface area (Å²) in [5, 5.41) is 3.36. The van der Waals surface area contributed by atoms with Crippen molar-refractivity contribution in [2.24, 2.45) is 5.92 Å². The summed E-state index contributed by atoms with van der Waals surface area (Å²) >= 11 is 2.03. The maximum atomic E-state index is 5.11. The van der Waals surface area contributed by atoms with Gasteiger partial charge in [-0.3, -0.25) is 0 Å². The molecule has 1 aromatic rings. The number of aromatic nitrogens is 2. The van der Waals surface area contributed by atoms with Crippen LogP contribution < -0.4 is 10.1 Å². The Morgan fingerprint density at radius 1 is 1.56 bits per heavy atom. The molecule has 0 aromatic carbocycles. The third-order valence-electron chi connectivity index (χ3n) is 2.62. The number of methoxy groups -OCH3 is 1. The lowest BCUT2D eigenvalue weighted by Crippen LogP contribution is -2.14. The van der Waals surface area contributed by atoms with E-state index in [9.17, 15) is 0 Å². The SMILES string of the molecule is COc1cc(NCC2CCSC2)nc(C)n1. The Morgan fingerprint density at radius 2 is 2.44 bits per heavy atom. The molecule has 1 atom stereocenters. The number of thioether (sulfide) groups is 1. The van der Waals surface area contributed by atoms with E-state index < -0.39 is 0 Å². The zero-order valence-corrected chi connectivity index (χ0v) is 10.5. The lowest BCUT2D eigenvalue weighted by Gasteiger charge is -2.11. The number of ether oxygens (including phenoxy) is 1. The second-order valence-electron chi connectivity index (χ2n) is 3.95. The predicted octanol–water partition coefficient (Wildman–Crippen LogP) is 1.96. The average Bonchev–Trinajstić information content (AvgIpc) is 2.78. The molecule has 2 rings (SSSR count). The van der Waals surface area contributed by atoms with E-state index in [1.54, 1.807) is 7.11 Å². The molecule has 0 amide bonds. The van der Waals surface area contributed by atoms with Crippen LogP contribution in [0.2, 0.25) is 0 Å². The van der Waals surface area contributed by atoms with Crippen LogP contribution >= 0.6 is 11.8 Å². The summed E-state index contributed by atoms with van der Waals surface area (Å²) in [5.74, 6) is 5.54. The van der Waals surface area contributed by atoms with Gasteiger partial charge in [0, 0.05) is 12.6 Å². The highest BCUT2D eigenvalue weighted by Gasteiger charge is 2.15. The lowest BCUT2D eigenvalue weighted by atomic mass is 10.1. The van der Waals surface area contributed by atoms with Crippen LogP contribution in [-0.4, -0.2) is 35.1 Å². The zero-order valence-electron chi connectivity index (χ0n) is 9.69. The largest absolute Gasteiger partial charge is 0.481 e. The standard InChI is InChI=1S/C11H17N3OS/c1-8-13-10(5-11(14-8)15-2)12-6-9-3-4-16-7-9/h5,9H,3-4,6-7H2,1-2H3,(H,12,13,14). The molecule has 0 aliphatic carbocycles. The highest BCUT2D eigenvalue weighted by Crippen LogP contribution is 2.23. The molecule has 1 fully saturated rings. The first-order valence-corrected chi connectivity index (χ1v) is 6.64. The van der Waals surface area contributed by atoms with Gasteiger partial charge in [0.25, 0.3) is 0 Å². The molecule has 1 saturated heterocycles. The molecule has 0 radical (unpaired) electrons. The quantitative estimate of drug-likeness (QED) is 0.870. The van der Waals surface area contributed by atoms with Crippen LogP contribution in [-0.2, 0) is 0 Å². The van der Waals surface area contributed by atoms with Gasteiger partial charge in [-0.15, -0.1) is 0 Å². The van der Waals surface area contributed by atoms with E-state index in [1.807, 2.05) is 24.8 Å². The Hall–Kier alpha value is -0.970. The summed E-state index contributed by atoms with van der Waals surface area (Å²) in [6.07, 6.45) is 1.30. The van der Waals surface area contributed by atoms with E-state index in [4.69, 9.17) is 4.74 Å². The van der Waals surface area contributed by atoms with Gasteiger partial charge in [0.05, 0.1) is 7.11 Å². The normalized spacial score (nSPS) is 19.8. The second kappa shape index (κ2) is 5.39. The van der Waals surface area contributed by atoms with Crippen LogP contribution in [0.15, 0.2) is 6.07 Å². The number of rotatable bonds is 4. The first-order chi connectivity index (χ1) is 7.78. The van der Waals surface area contributed by atoms with E-state index in [0.29, 0.717) is 5.88 Å². The van der Waals surface area contributed by atoms with Gasteiger partial charge in [-0.05, 0) is 30.8 Å². The third kappa shape index (κ3) is 3.01. The van der Waals surface area contributed by atoms with Gasteiger partial charge in [-0.2, -0.15) is 16.7 Å². The summed E-state index contributed by atoms with van der Waals surface area (Å²) in [5.41, 5.74) is 0. The van der Waals surface area contributed by atoms with Gasteiger partial charge < -0.3 is 10.1 Å². The summed E-state index contributed by atoms with van der Waals surface area (Å²) in [6, 6.07) is 1.84. The van der Waals surface area contributed by atoms with Crippen molar-refractivity contribution in [1.82, 2.24) is 9.97 Å². The van der Waals surface area contributed by atoms with Crippen molar-refractivity contribution >= 4 is 17.6 Å².